The zero-order chi connectivity index (χ0) is 20.6. The van der Waals surface area contributed by atoms with Crippen LogP contribution in [0.1, 0.15) is 24.2 Å². The van der Waals surface area contributed by atoms with Gasteiger partial charge >= 0.3 is 0 Å². The van der Waals surface area contributed by atoms with Crippen molar-refractivity contribution in [2.75, 3.05) is 6.54 Å². The highest BCUT2D eigenvalue weighted by Gasteiger charge is 2.34. The molecular weight excluding hydrogens is 392 g/mol. The fourth-order valence-corrected chi connectivity index (χ4v) is 3.20. The third-order valence-electron chi connectivity index (χ3n) is 4.55. The van der Waals surface area contributed by atoms with E-state index in [4.69, 9.17) is 16.6 Å². The van der Waals surface area contributed by atoms with Crippen molar-refractivity contribution in [2.24, 2.45) is 5.92 Å². The summed E-state index contributed by atoms with van der Waals surface area (Å²) in [6, 6.07) is 13.2. The molecule has 2 heterocycles. The van der Waals surface area contributed by atoms with Crippen LogP contribution in [0.25, 0.3) is 0 Å². The van der Waals surface area contributed by atoms with Crippen LogP contribution >= 0.6 is 12.2 Å². The lowest BCUT2D eigenvalue weighted by molar-refractivity contribution is -0.129. The number of amides is 3. The molecule has 1 unspecified atom stereocenters. The van der Waals surface area contributed by atoms with Crippen LogP contribution in [0.2, 0.25) is 0 Å². The molecule has 1 aliphatic heterocycles. The molecule has 8 nitrogen and oxygen atoms in total. The molecule has 29 heavy (non-hydrogen) atoms. The number of carbonyl (C=O) groups excluding carboxylic acids is 3. The summed E-state index contributed by atoms with van der Waals surface area (Å²) in [4.78, 5) is 37.9. The number of aryl methyl sites for hydroxylation is 1. The molecule has 152 valence electrons. The number of hydrogen-bond donors (Lipinski definition) is 3. The third kappa shape index (κ3) is 6.15. The lowest BCUT2D eigenvalue weighted by Gasteiger charge is -2.16. The summed E-state index contributed by atoms with van der Waals surface area (Å²) < 4.78 is 5.24. The van der Waals surface area contributed by atoms with E-state index in [0.717, 1.165) is 5.56 Å². The zero-order valence-electron chi connectivity index (χ0n) is 15.7. The van der Waals surface area contributed by atoms with Crippen molar-refractivity contribution in [3.05, 3.63) is 60.1 Å². The Morgan fingerprint density at radius 2 is 1.93 bits per heavy atom. The Labute approximate surface area is 173 Å². The second kappa shape index (κ2) is 9.83. The summed E-state index contributed by atoms with van der Waals surface area (Å²) in [6.07, 6.45) is 2.53. The highest BCUT2D eigenvalue weighted by molar-refractivity contribution is 7.80. The predicted octanol–water partition coefficient (Wildman–Crippen LogP) is 1.28. The molecule has 1 fully saturated rings. The number of hydrogen-bond acceptors (Lipinski definition) is 5. The van der Waals surface area contributed by atoms with Crippen molar-refractivity contribution in [1.29, 1.82) is 0 Å². The van der Waals surface area contributed by atoms with Crippen LogP contribution in [0.15, 0.2) is 53.1 Å². The number of rotatable bonds is 6. The molecule has 1 saturated heterocycles. The van der Waals surface area contributed by atoms with E-state index in [2.05, 4.69) is 16.2 Å². The molecule has 3 amide bonds. The van der Waals surface area contributed by atoms with Gasteiger partial charge in [-0.1, -0.05) is 30.3 Å². The largest absolute Gasteiger partial charge is 0.467 e. The molecule has 2 aromatic rings. The van der Waals surface area contributed by atoms with Crippen molar-refractivity contribution in [3.8, 4) is 0 Å². The molecule has 0 spiro atoms. The Morgan fingerprint density at radius 3 is 2.66 bits per heavy atom. The quantitative estimate of drug-likeness (QED) is 0.486. The highest BCUT2D eigenvalue weighted by Crippen LogP contribution is 2.20. The van der Waals surface area contributed by atoms with Gasteiger partial charge < -0.3 is 14.6 Å². The molecule has 3 rings (SSSR count). The molecule has 1 aromatic heterocycles. The second-order valence-electron chi connectivity index (χ2n) is 6.73. The van der Waals surface area contributed by atoms with Gasteiger partial charge in [0.2, 0.25) is 17.7 Å². The molecule has 3 N–H and O–H groups in total. The smallest absolute Gasteiger partial charge is 0.243 e. The van der Waals surface area contributed by atoms with Crippen LogP contribution in [0.5, 0.6) is 0 Å². The molecule has 0 aliphatic carbocycles. The number of nitrogens with one attached hydrogen (secondary N) is 3. The molecule has 1 aliphatic rings. The van der Waals surface area contributed by atoms with E-state index in [1.165, 1.54) is 0 Å². The number of hydrazine groups is 1. The van der Waals surface area contributed by atoms with Gasteiger partial charge in [0.25, 0.3) is 0 Å². The van der Waals surface area contributed by atoms with Gasteiger partial charge in [-0.05, 0) is 36.3 Å². The first-order valence-corrected chi connectivity index (χ1v) is 9.66. The minimum atomic E-state index is -0.499. The first kappa shape index (κ1) is 20.5. The van der Waals surface area contributed by atoms with Crippen molar-refractivity contribution < 1.29 is 18.8 Å². The number of carbonyl (C=O) groups is 3. The predicted molar refractivity (Wildman–Crippen MR) is 109 cm³/mol. The Balaban J connectivity index is 1.37. The van der Waals surface area contributed by atoms with Crippen LogP contribution in [-0.4, -0.2) is 34.3 Å². The molecular formula is C20H22N4O4S. The summed E-state index contributed by atoms with van der Waals surface area (Å²) in [5, 5.41) is 2.53. The normalized spacial score (nSPS) is 15.8. The molecule has 0 saturated carbocycles. The van der Waals surface area contributed by atoms with E-state index in [1.54, 1.807) is 23.3 Å². The van der Waals surface area contributed by atoms with E-state index < -0.39 is 5.92 Å². The molecule has 1 aromatic carbocycles. The van der Waals surface area contributed by atoms with E-state index in [-0.39, 0.29) is 35.7 Å². The van der Waals surface area contributed by atoms with Gasteiger partial charge in [0, 0.05) is 19.4 Å². The average Bonchev–Trinajstić information content (AvgIpc) is 3.36. The van der Waals surface area contributed by atoms with Crippen LogP contribution in [0.4, 0.5) is 0 Å². The van der Waals surface area contributed by atoms with Crippen molar-refractivity contribution >= 4 is 35.1 Å². The fraction of sp³-hybridized carbons (Fsp3) is 0.300. The minimum Gasteiger partial charge on any atom is -0.467 e. The topological polar surface area (TPSA) is 104 Å². The fourth-order valence-electron chi connectivity index (χ4n) is 3.03. The number of furan rings is 1. The first-order chi connectivity index (χ1) is 14.0. The Hall–Kier alpha value is -3.20. The van der Waals surface area contributed by atoms with Gasteiger partial charge in [-0.25, -0.2) is 0 Å². The number of benzene rings is 1. The van der Waals surface area contributed by atoms with E-state index >= 15 is 0 Å². The van der Waals surface area contributed by atoms with E-state index in [1.807, 2.05) is 30.3 Å². The highest BCUT2D eigenvalue weighted by atomic mass is 32.1. The maximum absolute atomic E-state index is 12.3. The molecule has 9 heteroatoms. The lowest BCUT2D eigenvalue weighted by atomic mass is 10.1. The van der Waals surface area contributed by atoms with Crippen molar-refractivity contribution in [2.45, 2.75) is 25.8 Å². The van der Waals surface area contributed by atoms with Crippen molar-refractivity contribution in [3.63, 3.8) is 0 Å². The minimum absolute atomic E-state index is 0.00757. The van der Waals surface area contributed by atoms with Gasteiger partial charge in [0.05, 0.1) is 18.7 Å². The van der Waals surface area contributed by atoms with Gasteiger partial charge in [0.15, 0.2) is 5.11 Å². The summed E-state index contributed by atoms with van der Waals surface area (Å²) in [5.74, 6) is -0.556. The third-order valence-corrected chi connectivity index (χ3v) is 4.75. The van der Waals surface area contributed by atoms with Crippen LogP contribution in [0, 0.1) is 5.92 Å². The number of likely N-dealkylation sites (tertiary alicyclic amines) is 1. The Morgan fingerprint density at radius 1 is 1.14 bits per heavy atom. The number of thiocarbonyl (C=S) groups is 1. The van der Waals surface area contributed by atoms with Crippen LogP contribution in [-0.2, 0) is 27.3 Å². The van der Waals surface area contributed by atoms with E-state index in [9.17, 15) is 14.4 Å². The van der Waals surface area contributed by atoms with Gasteiger partial charge in [-0.2, -0.15) is 0 Å². The van der Waals surface area contributed by atoms with Crippen LogP contribution < -0.4 is 16.2 Å². The monoisotopic (exact) mass is 414 g/mol. The summed E-state index contributed by atoms with van der Waals surface area (Å²) in [7, 11) is 0. The lowest BCUT2D eigenvalue weighted by Crippen LogP contribution is -2.50. The second-order valence-corrected chi connectivity index (χ2v) is 7.14. The van der Waals surface area contributed by atoms with Crippen molar-refractivity contribution in [1.82, 2.24) is 21.1 Å². The Kier molecular flexibility index (Phi) is 6.96. The van der Waals surface area contributed by atoms with Gasteiger partial charge in [-0.15, -0.1) is 0 Å². The van der Waals surface area contributed by atoms with Gasteiger partial charge in [-0.3, -0.25) is 25.2 Å². The molecule has 0 radical (unpaired) electrons. The summed E-state index contributed by atoms with van der Waals surface area (Å²) in [5.41, 5.74) is 6.03. The molecule has 1 atom stereocenters. The molecule has 0 bridgehead atoms. The average molecular weight is 414 g/mol. The Bertz CT molecular complexity index is 870. The summed E-state index contributed by atoms with van der Waals surface area (Å²) >= 11 is 5.03. The zero-order valence-corrected chi connectivity index (χ0v) is 16.5. The van der Waals surface area contributed by atoms with E-state index in [0.29, 0.717) is 25.3 Å². The standard InChI is InChI=1S/C20H22N4O4S/c25-17(9-8-14-5-2-1-3-6-14)21-20(29)23-22-19(27)15-11-18(26)24(12-15)13-16-7-4-10-28-16/h1-7,10,15H,8-9,11-13H2,(H,22,27)(H2,21,23,25,29). The number of nitrogens with zero attached hydrogens (tertiary/aromatic N) is 1. The first-order valence-electron chi connectivity index (χ1n) is 9.25. The maximum Gasteiger partial charge on any atom is 0.243 e. The van der Waals surface area contributed by atoms with Crippen LogP contribution in [0.3, 0.4) is 0 Å². The summed E-state index contributed by atoms with van der Waals surface area (Å²) in [6.45, 7) is 0.627. The maximum atomic E-state index is 12.3. The van der Waals surface area contributed by atoms with Gasteiger partial charge in [0.1, 0.15) is 5.76 Å². The SMILES string of the molecule is O=C(CCc1ccccc1)NC(=S)NNC(=O)C1CC(=O)N(Cc2ccco2)C1.